The quantitative estimate of drug-likeness (QED) is 0.407. The number of pyridine rings is 1. The summed E-state index contributed by atoms with van der Waals surface area (Å²) in [5, 5.41) is 4.41. The number of nitrogens with zero attached hydrogens (tertiary/aromatic N) is 3. The van der Waals surface area contributed by atoms with Crippen molar-refractivity contribution in [3.8, 4) is 0 Å². The second-order valence-electron chi connectivity index (χ2n) is 7.86. The lowest BCUT2D eigenvalue weighted by atomic mass is 9.99. The summed E-state index contributed by atoms with van der Waals surface area (Å²) in [7, 11) is 0. The van der Waals surface area contributed by atoms with Gasteiger partial charge in [-0.15, -0.1) is 5.10 Å². The number of fused-ring (bicyclic) bond motifs is 1. The van der Waals surface area contributed by atoms with Crippen molar-refractivity contribution in [2.45, 2.75) is 101 Å². The predicted octanol–water partition coefficient (Wildman–Crippen LogP) is 8.81. The molecule has 194 valence electrons. The van der Waals surface area contributed by atoms with Gasteiger partial charge in [-0.3, -0.25) is 0 Å². The third-order valence-corrected chi connectivity index (χ3v) is 5.11. The average molecular weight is 479 g/mol. The van der Waals surface area contributed by atoms with Gasteiger partial charge in [0.05, 0.1) is 0 Å². The fourth-order valence-corrected chi connectivity index (χ4v) is 3.47. The maximum Gasteiger partial charge on any atom is 0.178 e. The Labute approximate surface area is 215 Å². The van der Waals surface area contributed by atoms with Gasteiger partial charge in [0.1, 0.15) is 5.82 Å². The maximum absolute atomic E-state index is 5.89. The van der Waals surface area contributed by atoms with Crippen molar-refractivity contribution in [2.75, 3.05) is 5.73 Å². The zero-order chi connectivity index (χ0) is 26.8. The summed E-state index contributed by atoms with van der Waals surface area (Å²) < 4.78 is 1.68. The van der Waals surface area contributed by atoms with Crippen LogP contribution in [0.5, 0.6) is 0 Å². The molecule has 0 amide bonds. The fraction of sp³-hybridized carbons (Fsp3) is 0.484. The molecule has 2 aromatic heterocycles. The van der Waals surface area contributed by atoms with Gasteiger partial charge in [-0.25, -0.2) is 4.98 Å². The Hall–Kier alpha value is -2.88. The molecular formula is C31H50N4. The Kier molecular flexibility index (Phi) is 16.9. The van der Waals surface area contributed by atoms with Crippen LogP contribution in [0.1, 0.15) is 103 Å². The summed E-state index contributed by atoms with van der Waals surface area (Å²) in [4.78, 5) is 4.48. The lowest BCUT2D eigenvalue weighted by Crippen LogP contribution is -1.98. The molecule has 0 fully saturated rings. The molecule has 0 bridgehead atoms. The molecule has 0 spiro atoms. The first-order valence-electron chi connectivity index (χ1n) is 13.6. The zero-order valence-electron chi connectivity index (χ0n) is 24.1. The van der Waals surface area contributed by atoms with Crippen LogP contribution in [0.3, 0.4) is 0 Å². The molecule has 1 aromatic carbocycles. The zero-order valence-corrected chi connectivity index (χ0v) is 24.1. The summed E-state index contributed by atoms with van der Waals surface area (Å²) >= 11 is 0. The number of nitrogens with two attached hydrogens (primary N) is 1. The van der Waals surface area contributed by atoms with Gasteiger partial charge in [0.25, 0.3) is 0 Å². The van der Waals surface area contributed by atoms with Crippen molar-refractivity contribution in [1.29, 1.82) is 0 Å². The first-order chi connectivity index (χ1) is 17.0. The molecule has 4 heteroatoms. The number of allylic oxidation sites excluding steroid dienone is 4. The first-order valence-corrected chi connectivity index (χ1v) is 13.6. The highest BCUT2D eigenvalue weighted by molar-refractivity contribution is 5.68. The average Bonchev–Trinajstić information content (AvgIpc) is 3.57. The largest absolute Gasteiger partial charge is 0.384 e. The number of aromatic nitrogens is 3. The molecule has 4 rings (SSSR count). The third-order valence-electron chi connectivity index (χ3n) is 5.11. The molecule has 35 heavy (non-hydrogen) atoms. The molecule has 0 saturated carbocycles. The Morgan fingerprint density at radius 3 is 2.00 bits per heavy atom. The van der Waals surface area contributed by atoms with Crippen LogP contribution in [0.15, 0.2) is 48.6 Å². The third kappa shape index (κ3) is 10.1. The second-order valence-corrected chi connectivity index (χ2v) is 7.86. The van der Waals surface area contributed by atoms with E-state index in [4.69, 9.17) is 5.73 Å². The Bertz CT molecular complexity index is 1040. The van der Waals surface area contributed by atoms with Gasteiger partial charge in [0, 0.05) is 5.57 Å². The maximum atomic E-state index is 5.89. The highest BCUT2D eigenvalue weighted by Crippen LogP contribution is 2.22. The molecule has 2 N–H and O–H groups in total. The van der Waals surface area contributed by atoms with E-state index in [0.29, 0.717) is 5.82 Å². The molecular weight excluding hydrogens is 428 g/mol. The lowest BCUT2D eigenvalue weighted by molar-refractivity contribution is 0.956. The van der Waals surface area contributed by atoms with Crippen molar-refractivity contribution >= 4 is 17.0 Å². The normalized spacial score (nSPS) is 11.1. The minimum absolute atomic E-state index is 0.625. The standard InChI is InChI=1S/C12H12N4.C12H18.C3H8.2C2H6/c1-8-6-10(13)16-11(7-8)14-12(15-16)9-4-2-3-5-9;1-4-10-7-8-11(5-2)12(6-3)9-10;1-3-2;2*1-2/h2-4,6-7H,5,13H2,1H3;7-9H,4-6H2,1-3H3;3H2,1-2H3;2*1-2H3. The van der Waals surface area contributed by atoms with Crippen molar-refractivity contribution in [3.05, 3.63) is 76.6 Å². The van der Waals surface area contributed by atoms with Crippen molar-refractivity contribution in [2.24, 2.45) is 0 Å². The number of hydrogen-bond donors (Lipinski definition) is 1. The first kappa shape index (κ1) is 32.1. The molecule has 0 atom stereocenters. The molecule has 3 aromatic rings. The van der Waals surface area contributed by atoms with Gasteiger partial charge >= 0.3 is 0 Å². The van der Waals surface area contributed by atoms with Crippen molar-refractivity contribution in [3.63, 3.8) is 0 Å². The van der Waals surface area contributed by atoms with Gasteiger partial charge in [-0.1, -0.05) is 105 Å². The summed E-state index contributed by atoms with van der Waals surface area (Å²) in [6.45, 7) is 20.9. The van der Waals surface area contributed by atoms with E-state index in [1.54, 1.807) is 4.52 Å². The summed E-state index contributed by atoms with van der Waals surface area (Å²) in [5.74, 6) is 1.39. The van der Waals surface area contributed by atoms with E-state index >= 15 is 0 Å². The van der Waals surface area contributed by atoms with Crippen molar-refractivity contribution < 1.29 is 0 Å². The van der Waals surface area contributed by atoms with Gasteiger partial charge in [-0.2, -0.15) is 4.52 Å². The van der Waals surface area contributed by atoms with Gasteiger partial charge in [-0.05, 0) is 67.0 Å². The van der Waals surface area contributed by atoms with Crippen LogP contribution >= 0.6 is 0 Å². The highest BCUT2D eigenvalue weighted by atomic mass is 15.3. The topological polar surface area (TPSA) is 56.2 Å². The lowest BCUT2D eigenvalue weighted by Gasteiger charge is -2.07. The Balaban J connectivity index is 0.000000541. The predicted molar refractivity (Wildman–Crippen MR) is 157 cm³/mol. The molecule has 0 aliphatic heterocycles. The van der Waals surface area contributed by atoms with E-state index in [1.807, 2.05) is 58.9 Å². The molecule has 1 aliphatic rings. The fourth-order valence-electron chi connectivity index (χ4n) is 3.47. The number of rotatable bonds is 4. The number of benzene rings is 1. The van der Waals surface area contributed by atoms with Crippen LogP contribution in [0, 0.1) is 6.92 Å². The van der Waals surface area contributed by atoms with Crippen LogP contribution in [-0.2, 0) is 19.3 Å². The van der Waals surface area contributed by atoms with Crippen LogP contribution in [0.4, 0.5) is 5.82 Å². The van der Waals surface area contributed by atoms with Gasteiger partial charge in [0.2, 0.25) is 0 Å². The SMILES string of the molecule is CC.CC.CCC.CCc1ccc(CC)c(CC)c1.Cc1cc(N)n2nc(C3=CC=CC3)nc2c1. The van der Waals surface area contributed by atoms with Crippen LogP contribution < -0.4 is 5.73 Å². The molecule has 0 radical (unpaired) electrons. The summed E-state index contributed by atoms with van der Waals surface area (Å²) in [5.41, 5.74) is 13.4. The van der Waals surface area contributed by atoms with E-state index in [1.165, 1.54) is 23.1 Å². The number of nitrogen functional groups attached to an aromatic ring is 1. The molecule has 0 saturated heterocycles. The van der Waals surface area contributed by atoms with Crippen LogP contribution in [-0.4, -0.2) is 14.6 Å². The highest BCUT2D eigenvalue weighted by Gasteiger charge is 2.11. The van der Waals surface area contributed by atoms with Crippen LogP contribution in [0.25, 0.3) is 11.2 Å². The van der Waals surface area contributed by atoms with Gasteiger partial charge in [0.15, 0.2) is 11.5 Å². The number of hydrogen-bond acceptors (Lipinski definition) is 3. The van der Waals surface area contributed by atoms with E-state index in [9.17, 15) is 0 Å². The minimum atomic E-state index is 0.625. The molecule has 2 heterocycles. The molecule has 0 unspecified atom stereocenters. The molecule has 1 aliphatic carbocycles. The number of aryl methyl sites for hydroxylation is 4. The van der Waals surface area contributed by atoms with Crippen LogP contribution in [0.2, 0.25) is 0 Å². The molecule has 4 nitrogen and oxygen atoms in total. The van der Waals surface area contributed by atoms with Crippen molar-refractivity contribution in [1.82, 2.24) is 14.6 Å². The number of anilines is 1. The van der Waals surface area contributed by atoms with E-state index in [2.05, 4.69) is 69.0 Å². The Morgan fingerprint density at radius 1 is 0.857 bits per heavy atom. The van der Waals surface area contributed by atoms with Gasteiger partial charge < -0.3 is 5.73 Å². The monoisotopic (exact) mass is 478 g/mol. The Morgan fingerprint density at radius 2 is 1.49 bits per heavy atom. The summed E-state index contributed by atoms with van der Waals surface area (Å²) in [6, 6.07) is 10.7. The van der Waals surface area contributed by atoms with E-state index in [0.717, 1.165) is 48.3 Å². The summed E-state index contributed by atoms with van der Waals surface area (Å²) in [6.07, 6.45) is 11.8. The smallest absolute Gasteiger partial charge is 0.178 e. The minimum Gasteiger partial charge on any atom is -0.384 e. The second kappa shape index (κ2) is 18.4. The van der Waals surface area contributed by atoms with E-state index in [-0.39, 0.29) is 0 Å². The van der Waals surface area contributed by atoms with E-state index < -0.39 is 0 Å².